The Morgan fingerprint density at radius 3 is 2.75 bits per heavy atom. The van der Waals surface area contributed by atoms with Crippen LogP contribution in [-0.2, 0) is 4.74 Å². The van der Waals surface area contributed by atoms with E-state index in [9.17, 15) is 0 Å². The molecule has 0 aliphatic carbocycles. The molecule has 1 radical (unpaired) electrons. The quantitative estimate of drug-likeness (QED) is 0.492. The summed E-state index contributed by atoms with van der Waals surface area (Å²) in [5.74, 6) is 0. The van der Waals surface area contributed by atoms with Gasteiger partial charge in [-0.15, -0.1) is 0 Å². The maximum Gasteiger partial charge on any atom is 0.0713 e. The van der Waals surface area contributed by atoms with Crippen molar-refractivity contribution in [1.82, 2.24) is 4.90 Å². The normalized spacial score (nSPS) is 31.5. The molecule has 0 bridgehead atoms. The van der Waals surface area contributed by atoms with Crippen molar-refractivity contribution < 1.29 is 4.74 Å². The second-order valence-electron chi connectivity index (χ2n) is 2.22. The van der Waals surface area contributed by atoms with Crippen molar-refractivity contribution >= 4 is 0 Å². The van der Waals surface area contributed by atoms with Crippen LogP contribution >= 0.6 is 0 Å². The lowest BCUT2D eigenvalue weighted by Crippen LogP contribution is -2.16. The highest BCUT2D eigenvalue weighted by molar-refractivity contribution is 4.81. The molecule has 0 aromatic heterocycles. The topological polar surface area (TPSA) is 12.5 Å². The summed E-state index contributed by atoms with van der Waals surface area (Å²) in [7, 11) is 3.83. The Morgan fingerprint density at radius 2 is 2.50 bits per heavy atom. The second-order valence-corrected chi connectivity index (χ2v) is 2.22. The molecule has 1 aliphatic rings. The summed E-state index contributed by atoms with van der Waals surface area (Å²) in [6.07, 6.45) is 1.52. The van der Waals surface area contributed by atoms with E-state index in [0.29, 0.717) is 6.10 Å². The summed E-state index contributed by atoms with van der Waals surface area (Å²) in [6, 6.07) is 0. The van der Waals surface area contributed by atoms with Gasteiger partial charge in [-0.05, 0) is 13.5 Å². The zero-order valence-corrected chi connectivity index (χ0v) is 5.42. The Labute approximate surface area is 50.4 Å². The lowest BCUT2D eigenvalue weighted by atomic mass is 10.3. The highest BCUT2D eigenvalue weighted by Gasteiger charge is 2.18. The molecule has 0 saturated carbocycles. The number of likely N-dealkylation sites (tertiary alicyclic amines) is 1. The molecule has 1 aliphatic heterocycles. The van der Waals surface area contributed by atoms with Gasteiger partial charge < -0.3 is 4.74 Å². The van der Waals surface area contributed by atoms with Gasteiger partial charge in [0, 0.05) is 20.2 Å². The first kappa shape index (κ1) is 6.05. The average Bonchev–Trinajstić information content (AvgIpc) is 2.14. The summed E-state index contributed by atoms with van der Waals surface area (Å²) < 4.78 is 5.11. The van der Waals surface area contributed by atoms with Gasteiger partial charge in [-0.2, -0.15) is 0 Å². The molecule has 0 aromatic carbocycles. The third kappa shape index (κ3) is 1.20. The molecule has 8 heavy (non-hydrogen) atoms. The zero-order valence-electron chi connectivity index (χ0n) is 5.42. The van der Waals surface area contributed by atoms with Crippen molar-refractivity contribution in [2.75, 3.05) is 20.7 Å². The van der Waals surface area contributed by atoms with Crippen LogP contribution in [0.25, 0.3) is 0 Å². The van der Waals surface area contributed by atoms with Crippen molar-refractivity contribution in [3.05, 3.63) is 6.54 Å². The molecule has 0 amide bonds. The minimum atomic E-state index is 0.444. The molecule has 2 heteroatoms. The maximum absolute atomic E-state index is 5.11. The van der Waals surface area contributed by atoms with Crippen molar-refractivity contribution in [2.45, 2.75) is 12.5 Å². The summed E-state index contributed by atoms with van der Waals surface area (Å²) in [6.45, 7) is 3.21. The minimum absolute atomic E-state index is 0.444. The molecule has 1 atom stereocenters. The molecule has 2 nitrogen and oxygen atoms in total. The molecular weight excluding hydrogens is 102 g/mol. The van der Waals surface area contributed by atoms with E-state index < -0.39 is 0 Å². The van der Waals surface area contributed by atoms with E-state index in [1.54, 1.807) is 7.11 Å². The van der Waals surface area contributed by atoms with Crippen LogP contribution in [0.5, 0.6) is 0 Å². The fraction of sp³-hybridized carbons (Fsp3) is 0.833. The van der Waals surface area contributed by atoms with Crippen LogP contribution in [0.2, 0.25) is 0 Å². The van der Waals surface area contributed by atoms with Crippen LogP contribution < -0.4 is 0 Å². The van der Waals surface area contributed by atoms with Gasteiger partial charge in [0.2, 0.25) is 0 Å². The molecule has 1 rings (SSSR count). The number of rotatable bonds is 1. The Hall–Kier alpha value is -0.0800. The number of likely N-dealkylation sites (N-methyl/N-ethyl adjacent to an activating group) is 1. The lowest BCUT2D eigenvalue weighted by molar-refractivity contribution is 0.111. The monoisotopic (exact) mass is 114 g/mol. The summed E-state index contributed by atoms with van der Waals surface area (Å²) in [5.41, 5.74) is 0. The minimum Gasteiger partial charge on any atom is -0.380 e. The SMILES string of the molecule is COC1C[CH]N(C)C1. The Morgan fingerprint density at radius 1 is 1.75 bits per heavy atom. The molecule has 1 saturated heterocycles. The first-order chi connectivity index (χ1) is 3.83. The van der Waals surface area contributed by atoms with E-state index in [1.165, 1.54) is 0 Å². The number of ether oxygens (including phenoxy) is 1. The van der Waals surface area contributed by atoms with Gasteiger partial charge in [0.15, 0.2) is 0 Å². The van der Waals surface area contributed by atoms with E-state index in [-0.39, 0.29) is 0 Å². The van der Waals surface area contributed by atoms with E-state index in [1.807, 2.05) is 0 Å². The first-order valence-electron chi connectivity index (χ1n) is 2.89. The fourth-order valence-electron chi connectivity index (χ4n) is 0.939. The van der Waals surface area contributed by atoms with Gasteiger partial charge in [0.25, 0.3) is 0 Å². The van der Waals surface area contributed by atoms with E-state index in [0.717, 1.165) is 13.0 Å². The summed E-state index contributed by atoms with van der Waals surface area (Å²) in [5, 5.41) is 0. The highest BCUT2D eigenvalue weighted by atomic mass is 16.5. The van der Waals surface area contributed by atoms with E-state index >= 15 is 0 Å². The summed E-state index contributed by atoms with van der Waals surface area (Å²) >= 11 is 0. The molecule has 1 unspecified atom stereocenters. The van der Waals surface area contributed by atoms with Crippen LogP contribution in [-0.4, -0.2) is 31.7 Å². The average molecular weight is 114 g/mol. The maximum atomic E-state index is 5.11. The molecule has 0 N–H and O–H groups in total. The second kappa shape index (κ2) is 2.46. The van der Waals surface area contributed by atoms with Gasteiger partial charge in [0.05, 0.1) is 6.10 Å². The van der Waals surface area contributed by atoms with Gasteiger partial charge in [-0.1, -0.05) is 0 Å². The van der Waals surface area contributed by atoms with Crippen LogP contribution in [0.4, 0.5) is 0 Å². The first-order valence-corrected chi connectivity index (χ1v) is 2.89. The van der Waals surface area contributed by atoms with Crippen molar-refractivity contribution in [2.24, 2.45) is 0 Å². The van der Waals surface area contributed by atoms with Crippen LogP contribution in [0.1, 0.15) is 6.42 Å². The molecule has 0 spiro atoms. The standard InChI is InChI=1S/C6H12NO/c1-7-4-3-6(5-7)8-2/h4,6H,3,5H2,1-2H3. The smallest absolute Gasteiger partial charge is 0.0713 e. The van der Waals surface area contributed by atoms with Gasteiger partial charge in [-0.25, -0.2) is 0 Å². The van der Waals surface area contributed by atoms with Crippen LogP contribution in [0.15, 0.2) is 0 Å². The van der Waals surface area contributed by atoms with Crippen molar-refractivity contribution in [3.8, 4) is 0 Å². The molecular formula is C6H12NO. The molecule has 47 valence electrons. The number of hydrogen-bond acceptors (Lipinski definition) is 2. The van der Waals surface area contributed by atoms with Crippen molar-refractivity contribution in [3.63, 3.8) is 0 Å². The third-order valence-electron chi connectivity index (χ3n) is 1.50. The predicted octanol–water partition coefficient (Wildman–Crippen LogP) is 0.499. The van der Waals surface area contributed by atoms with E-state index in [4.69, 9.17) is 4.74 Å². The zero-order chi connectivity index (χ0) is 5.98. The van der Waals surface area contributed by atoms with E-state index in [2.05, 4.69) is 18.5 Å². The lowest BCUT2D eigenvalue weighted by Gasteiger charge is -2.06. The molecule has 1 fully saturated rings. The number of hydrogen-bond donors (Lipinski definition) is 0. The largest absolute Gasteiger partial charge is 0.380 e. The number of methoxy groups -OCH3 is 1. The summed E-state index contributed by atoms with van der Waals surface area (Å²) in [4.78, 5) is 2.16. The van der Waals surface area contributed by atoms with Crippen LogP contribution in [0.3, 0.4) is 0 Å². The molecule has 0 aromatic rings. The highest BCUT2D eigenvalue weighted by Crippen LogP contribution is 2.12. The molecule has 1 heterocycles. The third-order valence-corrected chi connectivity index (χ3v) is 1.50. The fourth-order valence-corrected chi connectivity index (χ4v) is 0.939. The Bertz CT molecular complexity index is 74.9. The van der Waals surface area contributed by atoms with Gasteiger partial charge in [-0.3, -0.25) is 4.90 Å². The predicted molar refractivity (Wildman–Crippen MR) is 32.3 cm³/mol. The van der Waals surface area contributed by atoms with Crippen molar-refractivity contribution in [1.29, 1.82) is 0 Å². The van der Waals surface area contributed by atoms with Crippen LogP contribution in [0, 0.1) is 6.54 Å². The Kier molecular flexibility index (Phi) is 1.86. The number of nitrogens with zero attached hydrogens (tertiary/aromatic N) is 1. The van der Waals surface area contributed by atoms with Gasteiger partial charge >= 0.3 is 0 Å². The Balaban J connectivity index is 2.22. The van der Waals surface area contributed by atoms with Gasteiger partial charge in [0.1, 0.15) is 0 Å².